The summed E-state index contributed by atoms with van der Waals surface area (Å²) in [5.41, 5.74) is 1.44. The fraction of sp³-hybridized carbons (Fsp3) is 0.200. The van der Waals surface area contributed by atoms with E-state index < -0.39 is 47.0 Å². The van der Waals surface area contributed by atoms with Crippen LogP contribution in [-0.2, 0) is 9.59 Å². The number of anilines is 2. The normalized spacial score (nSPS) is 16.1. The maximum Gasteiger partial charge on any atom is 0.251 e. The van der Waals surface area contributed by atoms with Crippen molar-refractivity contribution in [1.29, 1.82) is 0 Å². The number of nitrogens with zero attached hydrogens (tertiary/aromatic N) is 2. The number of hydrogen-bond donors (Lipinski definition) is 2. The van der Waals surface area contributed by atoms with E-state index in [1.165, 1.54) is 13.8 Å². The van der Waals surface area contributed by atoms with Crippen molar-refractivity contribution in [2.75, 3.05) is 10.6 Å². The second-order valence-electron chi connectivity index (χ2n) is 7.92. The van der Waals surface area contributed by atoms with E-state index in [0.717, 1.165) is 5.56 Å². The molecule has 2 heterocycles. The Balaban J connectivity index is 1.62. The van der Waals surface area contributed by atoms with E-state index >= 15 is 0 Å². The Morgan fingerprint density at radius 3 is 2.47 bits per heavy atom. The molecule has 0 radical (unpaired) electrons. The zero-order valence-electron chi connectivity index (χ0n) is 18.4. The number of aromatic nitrogens is 1. The molecule has 0 saturated carbocycles. The van der Waals surface area contributed by atoms with Gasteiger partial charge in [-0.25, -0.2) is 9.37 Å². The minimum Gasteiger partial charge on any atom is -0.371 e. The average Bonchev–Trinajstić information content (AvgIpc) is 2.97. The molecule has 0 bridgehead atoms. The highest BCUT2D eigenvalue weighted by Crippen LogP contribution is 2.26. The maximum absolute atomic E-state index is 14.3. The largest absolute Gasteiger partial charge is 0.371 e. The van der Waals surface area contributed by atoms with Gasteiger partial charge in [-0.2, -0.15) is 8.78 Å². The highest BCUT2D eigenvalue weighted by Gasteiger charge is 2.30. The van der Waals surface area contributed by atoms with E-state index in [1.54, 1.807) is 12.1 Å². The molecule has 1 aromatic heterocycles. The molecule has 2 N–H and O–H groups in total. The molecule has 0 spiro atoms. The number of amides is 1. The molecule has 9 heteroatoms. The summed E-state index contributed by atoms with van der Waals surface area (Å²) in [6.07, 6.45) is -0.333. The number of fused-ring (bicyclic) bond motifs is 1. The number of nitrogens with one attached hydrogen (secondary N) is 2. The van der Waals surface area contributed by atoms with Crippen molar-refractivity contribution in [2.45, 2.75) is 32.4 Å². The Morgan fingerprint density at radius 2 is 1.74 bits per heavy atom. The van der Waals surface area contributed by atoms with Crippen molar-refractivity contribution in [2.24, 2.45) is 4.99 Å². The third-order valence-corrected chi connectivity index (χ3v) is 5.52. The predicted octanol–water partition coefficient (Wildman–Crippen LogP) is 4.43. The number of benzene rings is 2. The fourth-order valence-electron chi connectivity index (χ4n) is 3.68. The molecule has 1 unspecified atom stereocenters. The average molecular weight is 466 g/mol. The summed E-state index contributed by atoms with van der Waals surface area (Å²) in [7, 11) is 0. The van der Waals surface area contributed by atoms with Gasteiger partial charge in [-0.15, -0.1) is 0 Å². The first-order chi connectivity index (χ1) is 16.3. The van der Waals surface area contributed by atoms with Gasteiger partial charge >= 0.3 is 0 Å². The number of hydrogen-bond acceptors (Lipinski definition) is 5. The number of ketones is 1. The fourth-order valence-corrected chi connectivity index (χ4v) is 3.68. The Kier molecular flexibility index (Phi) is 6.45. The number of aliphatic imine (C=N–C) groups is 1. The van der Waals surface area contributed by atoms with Gasteiger partial charge in [-0.05, 0) is 19.9 Å². The first-order valence-electron chi connectivity index (χ1n) is 10.6. The van der Waals surface area contributed by atoms with Crippen molar-refractivity contribution >= 4 is 28.8 Å². The van der Waals surface area contributed by atoms with Gasteiger partial charge in [0.25, 0.3) is 5.95 Å². The van der Waals surface area contributed by atoms with E-state index in [-0.39, 0.29) is 12.1 Å². The molecule has 174 valence electrons. The lowest BCUT2D eigenvalue weighted by Crippen LogP contribution is -2.34. The first kappa shape index (κ1) is 23.2. The Hall–Kier alpha value is -4.01. The SMILES string of the molecule is Cc1nc(F)c(F)c(N[C@H](C)C(=O)CC2N=C(c3ccccc3)c3ccccc3NC2=O)c1F. The molecule has 0 aliphatic carbocycles. The topological polar surface area (TPSA) is 83.4 Å². The molecule has 4 rings (SSSR count). The lowest BCUT2D eigenvalue weighted by atomic mass is 10.0. The summed E-state index contributed by atoms with van der Waals surface area (Å²) in [6, 6.07) is 14.2. The van der Waals surface area contributed by atoms with Gasteiger partial charge in [0.1, 0.15) is 11.7 Å². The monoisotopic (exact) mass is 466 g/mol. The molecule has 6 nitrogen and oxygen atoms in total. The van der Waals surface area contributed by atoms with Gasteiger partial charge in [0.15, 0.2) is 11.6 Å². The second-order valence-corrected chi connectivity index (χ2v) is 7.92. The number of aryl methyl sites for hydroxylation is 1. The van der Waals surface area contributed by atoms with Crippen LogP contribution in [-0.4, -0.2) is 34.5 Å². The van der Waals surface area contributed by atoms with Gasteiger partial charge in [0.2, 0.25) is 11.7 Å². The van der Waals surface area contributed by atoms with Crippen LogP contribution in [0.3, 0.4) is 0 Å². The maximum atomic E-state index is 14.3. The van der Waals surface area contributed by atoms with Crippen LogP contribution in [0.25, 0.3) is 0 Å². The van der Waals surface area contributed by atoms with E-state index in [9.17, 15) is 22.8 Å². The molecule has 3 aromatic rings. The van der Waals surface area contributed by atoms with Crippen LogP contribution in [0.1, 0.15) is 30.2 Å². The number of carbonyl (C=O) groups is 2. The number of Topliss-reactive ketones (excluding diaryl/α,β-unsaturated/α-hetero) is 1. The third-order valence-electron chi connectivity index (χ3n) is 5.52. The summed E-state index contributed by atoms with van der Waals surface area (Å²) < 4.78 is 42.0. The van der Waals surface area contributed by atoms with Crippen LogP contribution in [0.5, 0.6) is 0 Å². The number of halogens is 3. The molecular formula is C25H21F3N4O2. The minimum atomic E-state index is -1.52. The molecule has 2 atom stereocenters. The number of pyridine rings is 1. The van der Waals surface area contributed by atoms with Crippen LogP contribution in [0.2, 0.25) is 0 Å². The van der Waals surface area contributed by atoms with Gasteiger partial charge in [0.05, 0.1) is 23.1 Å². The third kappa shape index (κ3) is 4.54. The molecule has 0 fully saturated rings. The summed E-state index contributed by atoms with van der Waals surface area (Å²) in [5.74, 6) is -5.10. The molecule has 34 heavy (non-hydrogen) atoms. The van der Waals surface area contributed by atoms with Crippen molar-refractivity contribution < 1.29 is 22.8 Å². The predicted molar refractivity (Wildman–Crippen MR) is 122 cm³/mol. The molecule has 1 aliphatic heterocycles. The van der Waals surface area contributed by atoms with Gasteiger partial charge < -0.3 is 10.6 Å². The molecule has 2 aromatic carbocycles. The van der Waals surface area contributed by atoms with Crippen LogP contribution in [0, 0.1) is 24.5 Å². The number of rotatable bonds is 6. The van der Waals surface area contributed by atoms with Crippen molar-refractivity contribution in [3.8, 4) is 0 Å². The Labute approximate surface area is 193 Å². The highest BCUT2D eigenvalue weighted by molar-refractivity contribution is 6.20. The highest BCUT2D eigenvalue weighted by atomic mass is 19.2. The van der Waals surface area contributed by atoms with Gasteiger partial charge in [-0.1, -0.05) is 48.5 Å². The lowest BCUT2D eigenvalue weighted by Gasteiger charge is -2.18. The van der Waals surface area contributed by atoms with Crippen molar-refractivity contribution in [1.82, 2.24) is 4.98 Å². The molecule has 0 saturated heterocycles. The standard InChI is InChI=1S/C25H21F3N4O2/c1-13(29-23-20(26)14(2)30-24(28)21(23)27)19(33)12-18-25(34)32-17-11-7-6-10-16(17)22(31-18)15-8-4-3-5-9-15/h3-11,13,18H,12H2,1-2H3,(H,29,30)(H,32,34)/t13-,18?/m1/s1. The van der Waals surface area contributed by atoms with Gasteiger partial charge in [-0.3, -0.25) is 14.6 Å². The molecule has 1 aliphatic rings. The summed E-state index contributed by atoms with van der Waals surface area (Å²) in [6.45, 7) is 2.56. The lowest BCUT2D eigenvalue weighted by molar-refractivity contribution is -0.124. The van der Waals surface area contributed by atoms with E-state index in [4.69, 9.17) is 0 Å². The van der Waals surface area contributed by atoms with Crippen LogP contribution in [0.15, 0.2) is 59.6 Å². The second kappa shape index (κ2) is 9.46. The number of benzodiazepines with no additional fused rings is 1. The van der Waals surface area contributed by atoms with Crippen molar-refractivity contribution in [3.05, 3.63) is 89.0 Å². The van der Waals surface area contributed by atoms with Crippen molar-refractivity contribution in [3.63, 3.8) is 0 Å². The molecular weight excluding hydrogens is 445 g/mol. The van der Waals surface area contributed by atoms with Gasteiger partial charge in [0, 0.05) is 17.5 Å². The smallest absolute Gasteiger partial charge is 0.251 e. The summed E-state index contributed by atoms with van der Waals surface area (Å²) >= 11 is 0. The van der Waals surface area contributed by atoms with E-state index in [1.807, 2.05) is 42.5 Å². The van der Waals surface area contributed by atoms with Crippen LogP contribution >= 0.6 is 0 Å². The summed E-state index contributed by atoms with van der Waals surface area (Å²) in [4.78, 5) is 33.6. The quantitative estimate of drug-likeness (QED) is 0.527. The zero-order chi connectivity index (χ0) is 24.4. The summed E-state index contributed by atoms with van der Waals surface area (Å²) in [5, 5.41) is 5.18. The molecule has 1 amide bonds. The Morgan fingerprint density at radius 1 is 1.06 bits per heavy atom. The first-order valence-corrected chi connectivity index (χ1v) is 10.6. The zero-order valence-corrected chi connectivity index (χ0v) is 18.4. The van der Waals surface area contributed by atoms with Crippen LogP contribution < -0.4 is 10.6 Å². The number of para-hydroxylation sites is 1. The Bertz CT molecular complexity index is 1270. The van der Waals surface area contributed by atoms with E-state index in [0.29, 0.717) is 17.0 Å². The number of carbonyl (C=O) groups excluding carboxylic acids is 2. The minimum absolute atomic E-state index is 0.333. The van der Waals surface area contributed by atoms with Crippen LogP contribution in [0.4, 0.5) is 24.5 Å². The van der Waals surface area contributed by atoms with E-state index in [2.05, 4.69) is 20.6 Å².